The van der Waals surface area contributed by atoms with Gasteiger partial charge in [0.1, 0.15) is 5.75 Å². The molecule has 1 aromatic heterocycles. The first kappa shape index (κ1) is 27.3. The van der Waals surface area contributed by atoms with Crippen molar-refractivity contribution in [1.82, 2.24) is 10.4 Å². The Morgan fingerprint density at radius 2 is 1.76 bits per heavy atom. The number of halogens is 3. The predicted molar refractivity (Wildman–Crippen MR) is 162 cm³/mol. The van der Waals surface area contributed by atoms with E-state index in [0.717, 1.165) is 34.8 Å². The number of rotatable bonds is 9. The number of nitrogens with one attached hydrogen (secondary N) is 2. The number of anilines is 2. The number of carboxylic acid groups (broad SMARTS) is 1. The molecule has 0 fully saturated rings. The molecule has 0 aliphatic rings. The summed E-state index contributed by atoms with van der Waals surface area (Å²) in [6.07, 6.45) is 1.52. The molecule has 8 nitrogen and oxygen atoms in total. The highest BCUT2D eigenvalue weighted by Crippen LogP contribution is 2.29. The highest BCUT2D eigenvalue weighted by Gasteiger charge is 2.11. The number of thiazole rings is 1. The number of benzene rings is 3. The van der Waals surface area contributed by atoms with Crippen LogP contribution in [0.1, 0.15) is 15.9 Å². The van der Waals surface area contributed by atoms with Crippen molar-refractivity contribution in [3.8, 4) is 17.0 Å². The summed E-state index contributed by atoms with van der Waals surface area (Å²) in [7, 11) is 0. The number of hydrogen-bond donors (Lipinski definition) is 3. The van der Waals surface area contributed by atoms with E-state index in [-0.39, 0.29) is 5.91 Å². The zero-order chi connectivity index (χ0) is 26.4. The molecule has 0 atom stereocenters. The molecule has 1 amide bonds. The molecule has 188 valence electrons. The first-order chi connectivity index (χ1) is 17.8. The van der Waals surface area contributed by atoms with Crippen LogP contribution in [-0.4, -0.2) is 34.8 Å². The number of carboxylic acids is 1. The number of hydrogen-bond acceptors (Lipinski definition) is 7. The zero-order valence-electron chi connectivity index (χ0n) is 18.7. The monoisotopic (exact) mass is 758 g/mol. The molecule has 3 aromatic carbocycles. The number of aromatic nitrogens is 1. The van der Waals surface area contributed by atoms with Crippen molar-refractivity contribution in [3.05, 3.63) is 89.3 Å². The summed E-state index contributed by atoms with van der Waals surface area (Å²) >= 11 is 11.5. The minimum Gasteiger partial charge on any atom is -0.480 e. The predicted octanol–water partition coefficient (Wildman–Crippen LogP) is 6.64. The summed E-state index contributed by atoms with van der Waals surface area (Å²) in [5.41, 5.74) is 6.28. The van der Waals surface area contributed by atoms with Crippen molar-refractivity contribution >= 4 is 97.0 Å². The van der Waals surface area contributed by atoms with Crippen LogP contribution in [0.15, 0.2) is 71.1 Å². The Kier molecular flexibility index (Phi) is 9.34. The lowest BCUT2D eigenvalue weighted by Crippen LogP contribution is -2.17. The normalized spacial score (nSPS) is 10.9. The SMILES string of the molecule is O=C(O)COc1c(I)cc(/C=N\NC(=O)c2ccc(-c3csc(Nc4ccc(Cl)cc4)n3)cc2)cc1I. The maximum Gasteiger partial charge on any atom is 0.341 e. The lowest BCUT2D eigenvalue weighted by atomic mass is 10.1. The molecule has 0 aliphatic heterocycles. The Hall–Kier alpha value is -2.75. The molecule has 12 heteroatoms. The first-order valence-electron chi connectivity index (χ1n) is 10.5. The Labute approximate surface area is 248 Å². The van der Waals surface area contributed by atoms with Gasteiger partial charge in [0.15, 0.2) is 11.7 Å². The Balaban J connectivity index is 1.35. The number of ether oxygens (including phenoxy) is 1. The van der Waals surface area contributed by atoms with Gasteiger partial charge in [-0.1, -0.05) is 23.7 Å². The van der Waals surface area contributed by atoms with Crippen LogP contribution in [0.5, 0.6) is 5.75 Å². The van der Waals surface area contributed by atoms with Crippen LogP contribution in [0.3, 0.4) is 0 Å². The van der Waals surface area contributed by atoms with Crippen molar-refractivity contribution in [2.24, 2.45) is 5.10 Å². The van der Waals surface area contributed by atoms with E-state index in [1.165, 1.54) is 17.6 Å². The molecule has 3 N–H and O–H groups in total. The average Bonchev–Trinajstić information content (AvgIpc) is 3.33. The smallest absolute Gasteiger partial charge is 0.341 e. The van der Waals surface area contributed by atoms with Crippen molar-refractivity contribution in [2.45, 2.75) is 0 Å². The van der Waals surface area contributed by atoms with Crippen LogP contribution >= 0.6 is 68.1 Å². The second kappa shape index (κ2) is 12.7. The number of amides is 1. The van der Waals surface area contributed by atoms with Crippen molar-refractivity contribution in [3.63, 3.8) is 0 Å². The average molecular weight is 759 g/mol. The molecule has 4 aromatic rings. The van der Waals surface area contributed by atoms with E-state index in [9.17, 15) is 9.59 Å². The number of aliphatic carboxylic acids is 1. The van der Waals surface area contributed by atoms with E-state index in [1.54, 1.807) is 24.3 Å². The molecule has 1 heterocycles. The van der Waals surface area contributed by atoms with Gasteiger partial charge in [-0.05, 0) is 99.3 Å². The molecule has 0 radical (unpaired) electrons. The summed E-state index contributed by atoms with van der Waals surface area (Å²) in [5.74, 6) is -0.898. The fourth-order valence-electron chi connectivity index (χ4n) is 3.07. The summed E-state index contributed by atoms with van der Waals surface area (Å²) in [4.78, 5) is 27.9. The summed E-state index contributed by atoms with van der Waals surface area (Å²) in [6, 6.07) is 18.0. The molecule has 0 spiro atoms. The van der Waals surface area contributed by atoms with Gasteiger partial charge in [0, 0.05) is 27.2 Å². The molecule has 0 bridgehead atoms. The zero-order valence-corrected chi connectivity index (χ0v) is 24.6. The Bertz CT molecular complexity index is 1440. The fourth-order valence-corrected chi connectivity index (χ4v) is 6.06. The second-order valence-electron chi connectivity index (χ2n) is 7.44. The van der Waals surface area contributed by atoms with Gasteiger partial charge in [-0.3, -0.25) is 4.79 Å². The van der Waals surface area contributed by atoms with Gasteiger partial charge in [0.05, 0.1) is 19.0 Å². The van der Waals surface area contributed by atoms with E-state index >= 15 is 0 Å². The summed E-state index contributed by atoms with van der Waals surface area (Å²) in [5, 5.41) is 19.5. The van der Waals surface area contributed by atoms with E-state index < -0.39 is 12.6 Å². The lowest BCUT2D eigenvalue weighted by Gasteiger charge is -2.09. The van der Waals surface area contributed by atoms with Gasteiger partial charge in [0.25, 0.3) is 5.91 Å². The molecular weight excluding hydrogens is 742 g/mol. The van der Waals surface area contributed by atoms with Crippen molar-refractivity contribution in [1.29, 1.82) is 0 Å². The van der Waals surface area contributed by atoms with E-state index in [2.05, 4.69) is 66.0 Å². The second-order valence-corrected chi connectivity index (χ2v) is 11.1. The Morgan fingerprint density at radius 3 is 2.41 bits per heavy atom. The quantitative estimate of drug-likeness (QED) is 0.100. The highest BCUT2D eigenvalue weighted by atomic mass is 127. The molecule has 4 rings (SSSR count). The van der Waals surface area contributed by atoms with Crippen LogP contribution in [0.2, 0.25) is 5.02 Å². The molecule has 37 heavy (non-hydrogen) atoms. The van der Waals surface area contributed by atoms with E-state index in [0.29, 0.717) is 16.3 Å². The van der Waals surface area contributed by atoms with Crippen LogP contribution in [0.25, 0.3) is 11.3 Å². The maximum absolute atomic E-state index is 12.5. The van der Waals surface area contributed by atoms with Gasteiger partial charge in [-0.2, -0.15) is 5.10 Å². The highest BCUT2D eigenvalue weighted by molar-refractivity contribution is 14.1. The lowest BCUT2D eigenvalue weighted by molar-refractivity contribution is -0.139. The van der Waals surface area contributed by atoms with E-state index in [1.807, 2.05) is 41.8 Å². The number of carbonyl (C=O) groups excluding carboxylic acids is 1. The number of carbonyl (C=O) groups is 2. The third-order valence-electron chi connectivity index (χ3n) is 4.78. The molecular formula is C25H17ClI2N4O4S. The van der Waals surface area contributed by atoms with Gasteiger partial charge >= 0.3 is 5.97 Å². The minimum absolute atomic E-state index is 0.350. The van der Waals surface area contributed by atoms with Crippen molar-refractivity contribution < 1.29 is 19.4 Å². The fraction of sp³-hybridized carbons (Fsp3) is 0.0400. The molecule has 0 unspecified atom stereocenters. The molecule has 0 aliphatic carbocycles. The molecule has 0 saturated heterocycles. The van der Waals surface area contributed by atoms with Crippen LogP contribution < -0.4 is 15.5 Å². The Morgan fingerprint density at radius 1 is 1.08 bits per heavy atom. The topological polar surface area (TPSA) is 113 Å². The number of nitrogens with zero attached hydrogens (tertiary/aromatic N) is 2. The minimum atomic E-state index is -1.05. The summed E-state index contributed by atoms with van der Waals surface area (Å²) in [6.45, 7) is -0.418. The van der Waals surface area contributed by atoms with Gasteiger partial charge in [0.2, 0.25) is 0 Å². The van der Waals surface area contributed by atoms with Gasteiger partial charge < -0.3 is 15.2 Å². The maximum atomic E-state index is 12.5. The van der Waals surface area contributed by atoms with Crippen LogP contribution in [0, 0.1) is 7.14 Å². The van der Waals surface area contributed by atoms with Gasteiger partial charge in [-0.15, -0.1) is 11.3 Å². The standard InChI is InChI=1S/C25H17ClI2N4O4S/c26-17-5-7-18(8-6-17)30-25-31-21(13-37-25)15-1-3-16(4-2-15)24(35)32-29-11-14-9-19(27)23(20(28)10-14)36-12-22(33)34/h1-11,13H,12H2,(H,30,31)(H,32,35)(H,33,34)/b29-11-. The number of hydrazone groups is 1. The molecule has 0 saturated carbocycles. The summed E-state index contributed by atoms with van der Waals surface area (Å²) < 4.78 is 6.79. The first-order valence-corrected chi connectivity index (χ1v) is 14.0. The largest absolute Gasteiger partial charge is 0.480 e. The third-order valence-corrected chi connectivity index (χ3v) is 7.40. The van der Waals surface area contributed by atoms with Crippen LogP contribution in [0.4, 0.5) is 10.8 Å². The van der Waals surface area contributed by atoms with Crippen molar-refractivity contribution in [2.75, 3.05) is 11.9 Å². The van der Waals surface area contributed by atoms with Gasteiger partial charge in [-0.25, -0.2) is 15.2 Å². The van der Waals surface area contributed by atoms with Crippen LogP contribution in [-0.2, 0) is 4.79 Å². The van der Waals surface area contributed by atoms with E-state index in [4.69, 9.17) is 21.4 Å². The third kappa shape index (κ3) is 7.63.